The third kappa shape index (κ3) is 3.31. The van der Waals surface area contributed by atoms with Gasteiger partial charge in [-0.25, -0.2) is 8.42 Å². The monoisotopic (exact) mass is 260 g/mol. The van der Waals surface area contributed by atoms with Gasteiger partial charge in [-0.1, -0.05) is 13.8 Å². The Morgan fingerprint density at radius 3 is 2.41 bits per heavy atom. The van der Waals surface area contributed by atoms with Gasteiger partial charge in [-0.3, -0.25) is 4.79 Å². The molecule has 7 heteroatoms. The summed E-state index contributed by atoms with van der Waals surface area (Å²) in [5, 5.41) is 8.93. The van der Waals surface area contributed by atoms with E-state index in [0.717, 1.165) is 0 Å². The van der Waals surface area contributed by atoms with Crippen molar-refractivity contribution >= 4 is 16.0 Å². The average Bonchev–Trinajstić information content (AvgIpc) is 2.61. The molecule has 17 heavy (non-hydrogen) atoms. The van der Waals surface area contributed by atoms with Crippen molar-refractivity contribution in [2.75, 3.05) is 0 Å². The first-order valence-electron chi connectivity index (χ1n) is 5.11. The number of hydrogen-bond donors (Lipinski definition) is 2. The van der Waals surface area contributed by atoms with Gasteiger partial charge in [-0.05, 0) is 12.0 Å². The number of nitrogens with zero attached hydrogens (tertiary/aromatic N) is 1. The first-order valence-corrected chi connectivity index (χ1v) is 6.59. The highest BCUT2D eigenvalue weighted by atomic mass is 32.2. The molecule has 0 bridgehead atoms. The van der Waals surface area contributed by atoms with Crippen LogP contribution in [0.1, 0.15) is 13.8 Å². The van der Waals surface area contributed by atoms with E-state index in [1.54, 1.807) is 31.7 Å². The Balaban J connectivity index is 2.97. The number of carboxylic acid groups (broad SMARTS) is 1. The summed E-state index contributed by atoms with van der Waals surface area (Å²) in [5.74, 6) is -1.51. The normalized spacial score (nSPS) is 13.9. The summed E-state index contributed by atoms with van der Waals surface area (Å²) in [4.78, 5) is 11.0. The van der Waals surface area contributed by atoms with Crippen molar-refractivity contribution in [3.63, 3.8) is 0 Å². The molecule has 0 radical (unpaired) electrons. The van der Waals surface area contributed by atoms with Gasteiger partial charge in [0.15, 0.2) is 0 Å². The number of hydrogen-bond acceptors (Lipinski definition) is 3. The minimum Gasteiger partial charge on any atom is -0.480 e. The molecule has 0 aromatic carbocycles. The van der Waals surface area contributed by atoms with E-state index in [0.29, 0.717) is 0 Å². The number of rotatable bonds is 5. The molecule has 1 aromatic rings. The van der Waals surface area contributed by atoms with Gasteiger partial charge in [0.2, 0.25) is 10.0 Å². The van der Waals surface area contributed by atoms with Crippen LogP contribution in [0.5, 0.6) is 0 Å². The van der Waals surface area contributed by atoms with Gasteiger partial charge in [-0.2, -0.15) is 4.72 Å². The van der Waals surface area contributed by atoms with Crippen molar-refractivity contribution in [2.45, 2.75) is 24.8 Å². The number of aryl methyl sites for hydroxylation is 1. The lowest BCUT2D eigenvalue weighted by Gasteiger charge is -2.17. The van der Waals surface area contributed by atoms with E-state index in [2.05, 4.69) is 4.72 Å². The Morgan fingerprint density at radius 2 is 2.06 bits per heavy atom. The van der Waals surface area contributed by atoms with Crippen LogP contribution in [0.3, 0.4) is 0 Å². The van der Waals surface area contributed by atoms with Crippen LogP contribution in [0.15, 0.2) is 23.4 Å². The van der Waals surface area contributed by atoms with Gasteiger partial charge >= 0.3 is 5.97 Å². The van der Waals surface area contributed by atoms with Crippen LogP contribution in [-0.2, 0) is 21.9 Å². The highest BCUT2D eigenvalue weighted by molar-refractivity contribution is 7.89. The lowest BCUT2D eigenvalue weighted by atomic mass is 10.1. The zero-order valence-electron chi connectivity index (χ0n) is 9.91. The summed E-state index contributed by atoms with van der Waals surface area (Å²) >= 11 is 0. The third-order valence-corrected chi connectivity index (χ3v) is 3.76. The molecule has 0 saturated heterocycles. The van der Waals surface area contributed by atoms with Gasteiger partial charge in [0.05, 0.1) is 4.90 Å². The number of carboxylic acids is 1. The Kier molecular flexibility index (Phi) is 3.94. The van der Waals surface area contributed by atoms with Crippen LogP contribution in [0.2, 0.25) is 0 Å². The van der Waals surface area contributed by atoms with Crippen LogP contribution in [-0.4, -0.2) is 30.1 Å². The molecule has 0 aliphatic heterocycles. The standard InChI is InChI=1S/C10H16N2O4S/c1-7(2)9(10(13)14)11-17(15,16)8-4-5-12(3)6-8/h4-7,9,11H,1-3H3,(H,13,14)/t9-/m0/s1. The Bertz CT molecular complexity index is 504. The molecule has 0 unspecified atom stereocenters. The fourth-order valence-electron chi connectivity index (χ4n) is 1.34. The molecular formula is C10H16N2O4S. The van der Waals surface area contributed by atoms with Crippen LogP contribution >= 0.6 is 0 Å². The second-order valence-corrected chi connectivity index (χ2v) is 5.91. The molecule has 0 fully saturated rings. The second kappa shape index (κ2) is 4.89. The molecule has 1 atom stereocenters. The SMILES string of the molecule is CC(C)[C@H](NS(=O)(=O)c1ccn(C)c1)C(=O)O. The molecule has 1 heterocycles. The predicted octanol–water partition coefficient (Wildman–Crippen LogP) is 0.413. The van der Waals surface area contributed by atoms with Crippen LogP contribution in [0.25, 0.3) is 0 Å². The first-order chi connectivity index (χ1) is 7.74. The van der Waals surface area contributed by atoms with Crippen molar-refractivity contribution in [1.82, 2.24) is 9.29 Å². The maximum atomic E-state index is 11.9. The minimum atomic E-state index is -3.78. The molecule has 1 aromatic heterocycles. The second-order valence-electron chi connectivity index (χ2n) is 4.19. The zero-order chi connectivity index (χ0) is 13.2. The highest BCUT2D eigenvalue weighted by Gasteiger charge is 2.28. The van der Waals surface area contributed by atoms with Crippen LogP contribution in [0, 0.1) is 5.92 Å². The maximum Gasteiger partial charge on any atom is 0.322 e. The minimum absolute atomic E-state index is 0.0619. The summed E-state index contributed by atoms with van der Waals surface area (Å²) in [6.45, 7) is 3.29. The smallest absolute Gasteiger partial charge is 0.322 e. The van der Waals surface area contributed by atoms with Crippen molar-refractivity contribution < 1.29 is 18.3 Å². The van der Waals surface area contributed by atoms with E-state index in [9.17, 15) is 13.2 Å². The lowest BCUT2D eigenvalue weighted by Crippen LogP contribution is -2.44. The fourth-order valence-corrected chi connectivity index (χ4v) is 2.73. The van der Waals surface area contributed by atoms with Gasteiger partial charge in [0.25, 0.3) is 0 Å². The fraction of sp³-hybridized carbons (Fsp3) is 0.500. The third-order valence-electron chi connectivity index (χ3n) is 2.33. The summed E-state index contributed by atoms with van der Waals surface area (Å²) < 4.78 is 27.5. The lowest BCUT2D eigenvalue weighted by molar-refractivity contribution is -0.140. The van der Waals surface area contributed by atoms with Crippen molar-refractivity contribution in [1.29, 1.82) is 0 Å². The largest absolute Gasteiger partial charge is 0.480 e. The molecular weight excluding hydrogens is 244 g/mol. The van der Waals surface area contributed by atoms with E-state index in [4.69, 9.17) is 5.11 Å². The van der Waals surface area contributed by atoms with Crippen LogP contribution < -0.4 is 4.72 Å². The maximum absolute atomic E-state index is 11.9. The molecule has 96 valence electrons. The first kappa shape index (κ1) is 13.7. The molecule has 1 rings (SSSR count). The number of nitrogens with one attached hydrogen (secondary N) is 1. The summed E-state index contributed by atoms with van der Waals surface area (Å²) in [5.41, 5.74) is 0. The van der Waals surface area contributed by atoms with E-state index in [1.165, 1.54) is 12.3 Å². The van der Waals surface area contributed by atoms with Gasteiger partial charge in [0.1, 0.15) is 6.04 Å². The van der Waals surface area contributed by atoms with Crippen molar-refractivity contribution in [2.24, 2.45) is 13.0 Å². The Morgan fingerprint density at radius 1 is 1.47 bits per heavy atom. The summed E-state index contributed by atoms with van der Waals surface area (Å²) in [7, 11) is -2.09. The Labute approximate surface area is 100 Å². The Hall–Kier alpha value is -1.34. The molecule has 0 aliphatic carbocycles. The molecule has 0 saturated carbocycles. The van der Waals surface area contributed by atoms with Crippen molar-refractivity contribution in [3.8, 4) is 0 Å². The van der Waals surface area contributed by atoms with Gasteiger partial charge in [0, 0.05) is 19.4 Å². The quantitative estimate of drug-likeness (QED) is 0.802. The van der Waals surface area contributed by atoms with E-state index in [1.807, 2.05) is 0 Å². The van der Waals surface area contributed by atoms with E-state index < -0.39 is 22.0 Å². The number of carbonyl (C=O) groups is 1. The van der Waals surface area contributed by atoms with Crippen molar-refractivity contribution in [3.05, 3.63) is 18.5 Å². The van der Waals surface area contributed by atoms with Gasteiger partial charge in [-0.15, -0.1) is 0 Å². The topological polar surface area (TPSA) is 88.4 Å². The predicted molar refractivity (Wildman–Crippen MR) is 62.0 cm³/mol. The molecule has 2 N–H and O–H groups in total. The van der Waals surface area contributed by atoms with E-state index >= 15 is 0 Å². The molecule has 0 spiro atoms. The number of aromatic nitrogens is 1. The molecule has 0 aliphatic rings. The van der Waals surface area contributed by atoms with Crippen LogP contribution in [0.4, 0.5) is 0 Å². The zero-order valence-corrected chi connectivity index (χ0v) is 10.7. The average molecular weight is 260 g/mol. The summed E-state index contributed by atoms with van der Waals surface area (Å²) in [6, 6.07) is 0.293. The molecule has 0 amide bonds. The number of sulfonamides is 1. The molecule has 6 nitrogen and oxygen atoms in total. The highest BCUT2D eigenvalue weighted by Crippen LogP contribution is 2.11. The van der Waals surface area contributed by atoms with Gasteiger partial charge < -0.3 is 9.67 Å². The van der Waals surface area contributed by atoms with E-state index in [-0.39, 0.29) is 10.8 Å². The number of aliphatic carboxylic acids is 1. The summed E-state index contributed by atoms with van der Waals surface area (Å²) in [6.07, 6.45) is 3.00.